The number of benzene rings is 2. The van der Waals surface area contributed by atoms with Crippen LogP contribution in [-0.4, -0.2) is 19.5 Å². The summed E-state index contributed by atoms with van der Waals surface area (Å²) in [5, 5.41) is 1.79. The summed E-state index contributed by atoms with van der Waals surface area (Å²) in [6.07, 6.45) is 4.71. The van der Waals surface area contributed by atoms with Crippen LogP contribution in [0.2, 0.25) is 5.02 Å². The third-order valence-corrected chi connectivity index (χ3v) is 5.83. The fraction of sp³-hybridized carbons (Fsp3) is 0.0952. The molecule has 4 nitrogen and oxygen atoms in total. The molecule has 3 aromatic rings. The van der Waals surface area contributed by atoms with Gasteiger partial charge in [-0.1, -0.05) is 23.7 Å². The Kier molecular flexibility index (Phi) is 4.30. The summed E-state index contributed by atoms with van der Waals surface area (Å²) in [7, 11) is 0. The van der Waals surface area contributed by atoms with Crippen molar-refractivity contribution in [3.8, 4) is 22.8 Å². The Labute approximate surface area is 169 Å². The van der Waals surface area contributed by atoms with E-state index in [4.69, 9.17) is 11.6 Å². The molecule has 28 heavy (non-hydrogen) atoms. The third kappa shape index (κ3) is 3.25. The molecule has 0 fully saturated rings. The molecule has 0 radical (unpaired) electrons. The first-order valence-corrected chi connectivity index (χ1v) is 9.98. The first-order valence-electron chi connectivity index (χ1n) is 8.79. The number of hydrogen-bond acceptors (Lipinski definition) is 4. The summed E-state index contributed by atoms with van der Waals surface area (Å²) in [6.45, 7) is 0.769. The number of aryl methyl sites for hydroxylation is 2. The van der Waals surface area contributed by atoms with E-state index < -0.39 is 0 Å². The van der Waals surface area contributed by atoms with Crippen molar-refractivity contribution in [3.63, 3.8) is 0 Å². The quantitative estimate of drug-likeness (QED) is 0.383. The second-order valence-electron chi connectivity index (χ2n) is 6.45. The molecule has 0 unspecified atom stereocenters. The zero-order valence-corrected chi connectivity index (χ0v) is 16.2. The molecule has 0 spiro atoms. The fourth-order valence-electron chi connectivity index (χ4n) is 3.13. The molecule has 138 valence electrons. The average Bonchev–Trinajstić information content (AvgIpc) is 3.29. The van der Waals surface area contributed by atoms with Crippen LogP contribution in [0.1, 0.15) is 5.01 Å². The summed E-state index contributed by atoms with van der Waals surface area (Å²) in [5.41, 5.74) is 2.89. The molecule has 5 rings (SSSR count). The highest BCUT2D eigenvalue weighted by molar-refractivity contribution is 7.18. The Morgan fingerprint density at radius 2 is 1.86 bits per heavy atom. The fourth-order valence-corrected chi connectivity index (χ4v) is 4.36. The van der Waals surface area contributed by atoms with E-state index in [1.807, 2.05) is 36.7 Å². The van der Waals surface area contributed by atoms with Gasteiger partial charge in [0.2, 0.25) is 0 Å². The highest BCUT2D eigenvalue weighted by Crippen LogP contribution is 2.27. The van der Waals surface area contributed by atoms with Gasteiger partial charge in [0.25, 0.3) is 0 Å². The minimum Gasteiger partial charge on any atom is -0.352 e. The lowest BCUT2D eigenvalue weighted by Gasteiger charge is -2.06. The molecule has 1 aromatic heterocycles. The van der Waals surface area contributed by atoms with Crippen LogP contribution in [0.5, 0.6) is 0 Å². The Balaban J connectivity index is 1.39. The molecule has 2 aromatic carbocycles. The van der Waals surface area contributed by atoms with E-state index in [-0.39, 0.29) is 5.82 Å². The second kappa shape index (κ2) is 6.96. The van der Waals surface area contributed by atoms with Crippen molar-refractivity contribution >= 4 is 33.2 Å². The van der Waals surface area contributed by atoms with Crippen LogP contribution in [-0.2, 0) is 13.0 Å². The smallest absolute Gasteiger partial charge is 0.163 e. The molecule has 3 heterocycles. The van der Waals surface area contributed by atoms with Crippen LogP contribution in [0.3, 0.4) is 0 Å². The van der Waals surface area contributed by atoms with E-state index in [1.54, 1.807) is 29.5 Å². The topological polar surface area (TPSA) is 43.6 Å². The van der Waals surface area contributed by atoms with Gasteiger partial charge in [-0.25, -0.2) is 19.3 Å². The number of fused-ring (bicyclic) bond motifs is 2. The van der Waals surface area contributed by atoms with E-state index in [2.05, 4.69) is 19.5 Å². The highest BCUT2D eigenvalue weighted by Gasteiger charge is 2.15. The van der Waals surface area contributed by atoms with Crippen molar-refractivity contribution in [2.75, 3.05) is 0 Å². The lowest BCUT2D eigenvalue weighted by Crippen LogP contribution is -2.02. The molecule has 7 heteroatoms. The molecular formula is C21H14ClFN4S. The van der Waals surface area contributed by atoms with Crippen LogP contribution < -0.4 is 0 Å². The van der Waals surface area contributed by atoms with Gasteiger partial charge < -0.3 is 4.57 Å². The molecule has 0 saturated heterocycles. The molecule has 2 aliphatic heterocycles. The van der Waals surface area contributed by atoms with Crippen molar-refractivity contribution in [3.05, 3.63) is 76.8 Å². The number of aromatic nitrogens is 4. The number of imidazole rings is 1. The molecular weight excluding hydrogens is 395 g/mol. The van der Waals surface area contributed by atoms with Gasteiger partial charge in [-0.15, -0.1) is 11.3 Å². The third-order valence-electron chi connectivity index (χ3n) is 4.52. The summed E-state index contributed by atoms with van der Waals surface area (Å²) >= 11 is 7.71. The standard InChI is InChI=1S/C21H14ClFN4S/c22-13-5-6-17-19(11-13)28-20(24-17)8-10-27-9-7-16-18(12-27)26-21(25-16)14-3-1-2-4-15(14)23/h1-7,9,11-12H,8,10H2. The van der Waals surface area contributed by atoms with Crippen molar-refractivity contribution in [1.82, 2.24) is 19.5 Å². The van der Waals surface area contributed by atoms with Crippen molar-refractivity contribution in [2.45, 2.75) is 13.0 Å². The van der Waals surface area contributed by atoms with Gasteiger partial charge >= 0.3 is 0 Å². The maximum Gasteiger partial charge on any atom is 0.163 e. The average molecular weight is 409 g/mol. The largest absolute Gasteiger partial charge is 0.352 e. The van der Waals surface area contributed by atoms with E-state index in [0.29, 0.717) is 11.4 Å². The van der Waals surface area contributed by atoms with E-state index >= 15 is 0 Å². The van der Waals surface area contributed by atoms with Gasteiger partial charge in [0, 0.05) is 30.4 Å². The van der Waals surface area contributed by atoms with Gasteiger partial charge in [0.15, 0.2) is 5.82 Å². The summed E-state index contributed by atoms with van der Waals surface area (Å²) < 4.78 is 17.2. The van der Waals surface area contributed by atoms with Gasteiger partial charge in [0.05, 0.1) is 26.5 Å². The van der Waals surface area contributed by atoms with E-state index in [9.17, 15) is 4.39 Å². The molecule has 2 aliphatic rings. The first-order chi connectivity index (χ1) is 13.7. The number of hydrogen-bond donors (Lipinski definition) is 0. The van der Waals surface area contributed by atoms with Gasteiger partial charge in [-0.05, 0) is 36.4 Å². The Bertz CT molecular complexity index is 1260. The molecule has 0 saturated carbocycles. The van der Waals surface area contributed by atoms with Crippen LogP contribution in [0.4, 0.5) is 4.39 Å². The van der Waals surface area contributed by atoms with Crippen molar-refractivity contribution in [1.29, 1.82) is 0 Å². The molecule has 0 bridgehead atoms. The van der Waals surface area contributed by atoms with E-state index in [1.165, 1.54) is 6.07 Å². The van der Waals surface area contributed by atoms with Gasteiger partial charge in [-0.3, -0.25) is 0 Å². The second-order valence-corrected chi connectivity index (χ2v) is 8.00. The van der Waals surface area contributed by atoms with Crippen LogP contribution in [0, 0.1) is 5.82 Å². The van der Waals surface area contributed by atoms with Gasteiger partial charge in [-0.2, -0.15) is 0 Å². The van der Waals surface area contributed by atoms with Crippen LogP contribution in [0.25, 0.3) is 33.0 Å². The minimum atomic E-state index is -0.318. The van der Waals surface area contributed by atoms with Crippen LogP contribution >= 0.6 is 22.9 Å². The summed E-state index contributed by atoms with van der Waals surface area (Å²) in [6, 6.07) is 14.2. The van der Waals surface area contributed by atoms with E-state index in [0.717, 1.165) is 44.6 Å². The molecule has 0 N–H and O–H groups in total. The first kappa shape index (κ1) is 17.3. The highest BCUT2D eigenvalue weighted by atomic mass is 35.5. The van der Waals surface area contributed by atoms with Gasteiger partial charge in [0.1, 0.15) is 11.5 Å². The van der Waals surface area contributed by atoms with Crippen molar-refractivity contribution in [2.24, 2.45) is 0 Å². The maximum absolute atomic E-state index is 14.0. The Hall–Kier alpha value is -2.83. The Morgan fingerprint density at radius 3 is 2.75 bits per heavy atom. The zero-order chi connectivity index (χ0) is 19.1. The zero-order valence-electron chi connectivity index (χ0n) is 14.6. The molecule has 0 amide bonds. The predicted octanol–water partition coefficient (Wildman–Crippen LogP) is 5.69. The minimum absolute atomic E-state index is 0.318. The maximum atomic E-state index is 14.0. The Morgan fingerprint density at radius 1 is 1.00 bits per heavy atom. The predicted molar refractivity (Wildman–Crippen MR) is 110 cm³/mol. The lowest BCUT2D eigenvalue weighted by molar-refractivity contribution is 0.630. The van der Waals surface area contributed by atoms with Crippen molar-refractivity contribution < 1.29 is 4.39 Å². The number of thiazole rings is 1. The molecule has 0 atom stereocenters. The monoisotopic (exact) mass is 408 g/mol. The van der Waals surface area contributed by atoms with Crippen LogP contribution in [0.15, 0.2) is 60.9 Å². The number of rotatable bonds is 4. The lowest BCUT2D eigenvalue weighted by atomic mass is 10.2. The molecule has 0 aliphatic carbocycles. The number of halogens is 2. The number of nitrogens with zero attached hydrogens (tertiary/aromatic N) is 4. The SMILES string of the molecule is Fc1ccccc1-c1nc2ccn(CCc3nc4ccc(Cl)cc4s3)cc-2n1. The number of pyridine rings is 1. The normalized spacial score (nSPS) is 11.5. The summed E-state index contributed by atoms with van der Waals surface area (Å²) in [4.78, 5) is 13.6. The summed E-state index contributed by atoms with van der Waals surface area (Å²) in [5.74, 6) is 0.0931.